The van der Waals surface area contributed by atoms with E-state index < -0.39 is 0 Å². The molecule has 0 bridgehead atoms. The third kappa shape index (κ3) is 3.57. The molecule has 0 unspecified atom stereocenters. The Morgan fingerprint density at radius 3 is 2.29 bits per heavy atom. The highest BCUT2D eigenvalue weighted by Gasteiger charge is 2.27. The van der Waals surface area contributed by atoms with Gasteiger partial charge in [-0.15, -0.1) is 0 Å². The first-order chi connectivity index (χ1) is 8.07. The van der Waals surface area contributed by atoms with Crippen LogP contribution in [0.15, 0.2) is 30.3 Å². The van der Waals surface area contributed by atoms with E-state index in [1.807, 2.05) is 0 Å². The van der Waals surface area contributed by atoms with Gasteiger partial charge in [0.05, 0.1) is 0 Å². The molecule has 1 aromatic carbocycles. The summed E-state index contributed by atoms with van der Waals surface area (Å²) in [5, 5.41) is 3.77. The molecule has 0 saturated heterocycles. The molecular formula is C16H25N. The molecule has 1 saturated carbocycles. The molecule has 1 atom stereocenters. The summed E-state index contributed by atoms with van der Waals surface area (Å²) in [7, 11) is 0. The van der Waals surface area contributed by atoms with E-state index in [2.05, 4.69) is 56.4 Å². The lowest BCUT2D eigenvalue weighted by Gasteiger charge is -2.36. The van der Waals surface area contributed by atoms with Crippen LogP contribution in [0.2, 0.25) is 0 Å². The second-order valence-electron chi connectivity index (χ2n) is 6.24. The van der Waals surface area contributed by atoms with Crippen molar-refractivity contribution in [3.05, 3.63) is 35.9 Å². The quantitative estimate of drug-likeness (QED) is 0.817. The van der Waals surface area contributed by atoms with Gasteiger partial charge in [-0.25, -0.2) is 0 Å². The molecule has 0 aliphatic heterocycles. The van der Waals surface area contributed by atoms with Crippen molar-refractivity contribution in [2.75, 3.05) is 0 Å². The molecule has 1 aromatic rings. The van der Waals surface area contributed by atoms with Crippen LogP contribution in [-0.2, 0) is 0 Å². The number of benzene rings is 1. The third-order valence-corrected chi connectivity index (χ3v) is 4.12. The highest BCUT2D eigenvalue weighted by molar-refractivity contribution is 5.18. The van der Waals surface area contributed by atoms with Gasteiger partial charge in [0.2, 0.25) is 0 Å². The van der Waals surface area contributed by atoms with Crippen molar-refractivity contribution in [3.63, 3.8) is 0 Å². The minimum Gasteiger partial charge on any atom is -0.307 e. The minimum atomic E-state index is 0.474. The summed E-state index contributed by atoms with van der Waals surface area (Å²) in [5.74, 6) is 0. The zero-order chi connectivity index (χ0) is 12.3. The van der Waals surface area contributed by atoms with Crippen LogP contribution < -0.4 is 5.32 Å². The fraction of sp³-hybridized carbons (Fsp3) is 0.625. The average Bonchev–Trinajstić information content (AvgIpc) is 2.33. The van der Waals surface area contributed by atoms with Gasteiger partial charge in [0.15, 0.2) is 0 Å². The van der Waals surface area contributed by atoms with Crippen molar-refractivity contribution in [2.24, 2.45) is 5.41 Å². The third-order valence-electron chi connectivity index (χ3n) is 4.12. The van der Waals surface area contributed by atoms with E-state index in [4.69, 9.17) is 0 Å². The summed E-state index contributed by atoms with van der Waals surface area (Å²) in [6.45, 7) is 7.06. The van der Waals surface area contributed by atoms with Gasteiger partial charge in [0.25, 0.3) is 0 Å². The lowest BCUT2D eigenvalue weighted by Crippen LogP contribution is -2.36. The summed E-state index contributed by atoms with van der Waals surface area (Å²) in [6.07, 6.45) is 5.35. The first-order valence-corrected chi connectivity index (χ1v) is 6.88. The normalized spacial score (nSPS) is 22.3. The second-order valence-corrected chi connectivity index (χ2v) is 6.24. The van der Waals surface area contributed by atoms with Crippen LogP contribution in [0.4, 0.5) is 0 Å². The van der Waals surface area contributed by atoms with Crippen molar-refractivity contribution in [3.8, 4) is 0 Å². The lowest BCUT2D eigenvalue weighted by molar-refractivity contribution is 0.200. The Morgan fingerprint density at radius 1 is 1.12 bits per heavy atom. The van der Waals surface area contributed by atoms with Gasteiger partial charge in [-0.3, -0.25) is 0 Å². The van der Waals surface area contributed by atoms with Crippen LogP contribution >= 0.6 is 0 Å². The molecular weight excluding hydrogens is 206 g/mol. The maximum atomic E-state index is 3.77. The second kappa shape index (κ2) is 5.22. The molecule has 0 heterocycles. The maximum Gasteiger partial charge on any atom is 0.0294 e. The summed E-state index contributed by atoms with van der Waals surface area (Å²) in [6, 6.07) is 11.9. The van der Waals surface area contributed by atoms with Crippen molar-refractivity contribution >= 4 is 0 Å². The number of nitrogens with one attached hydrogen (secondary N) is 1. The Kier molecular flexibility index (Phi) is 3.88. The largest absolute Gasteiger partial charge is 0.307 e. The van der Waals surface area contributed by atoms with Crippen LogP contribution in [0.25, 0.3) is 0 Å². The van der Waals surface area contributed by atoms with E-state index in [1.165, 1.54) is 31.2 Å². The summed E-state index contributed by atoms with van der Waals surface area (Å²) in [5.41, 5.74) is 1.96. The van der Waals surface area contributed by atoms with E-state index in [1.54, 1.807) is 0 Å². The summed E-state index contributed by atoms with van der Waals surface area (Å²) >= 11 is 0. The average molecular weight is 231 g/mol. The summed E-state index contributed by atoms with van der Waals surface area (Å²) in [4.78, 5) is 0. The van der Waals surface area contributed by atoms with Crippen LogP contribution in [-0.4, -0.2) is 6.04 Å². The molecule has 0 aromatic heterocycles. The smallest absolute Gasteiger partial charge is 0.0294 e. The highest BCUT2D eigenvalue weighted by atomic mass is 14.9. The predicted molar refractivity (Wildman–Crippen MR) is 74.0 cm³/mol. The SMILES string of the molecule is C[C@@H](NC1CCC(C)(C)CC1)c1ccccc1. The number of hydrogen-bond donors (Lipinski definition) is 1. The van der Waals surface area contributed by atoms with E-state index >= 15 is 0 Å². The molecule has 1 nitrogen and oxygen atoms in total. The Morgan fingerprint density at radius 2 is 1.71 bits per heavy atom. The summed E-state index contributed by atoms with van der Waals surface area (Å²) < 4.78 is 0. The zero-order valence-corrected chi connectivity index (χ0v) is 11.4. The molecule has 0 amide bonds. The van der Waals surface area contributed by atoms with Gasteiger partial charge in [-0.05, 0) is 43.6 Å². The van der Waals surface area contributed by atoms with Gasteiger partial charge in [-0.1, -0.05) is 44.2 Å². The van der Waals surface area contributed by atoms with Gasteiger partial charge < -0.3 is 5.32 Å². The van der Waals surface area contributed by atoms with Gasteiger partial charge in [0.1, 0.15) is 0 Å². The van der Waals surface area contributed by atoms with Crippen molar-refractivity contribution in [1.82, 2.24) is 5.32 Å². The van der Waals surface area contributed by atoms with Crippen molar-refractivity contribution < 1.29 is 0 Å². The first-order valence-electron chi connectivity index (χ1n) is 6.88. The Hall–Kier alpha value is -0.820. The molecule has 0 spiro atoms. The monoisotopic (exact) mass is 231 g/mol. The van der Waals surface area contributed by atoms with Crippen molar-refractivity contribution in [1.29, 1.82) is 0 Å². The molecule has 1 aliphatic rings. The Labute approximate surface area is 106 Å². The molecule has 2 rings (SSSR count). The first kappa shape index (κ1) is 12.6. The molecule has 1 heteroatoms. The molecule has 1 fully saturated rings. The van der Waals surface area contributed by atoms with Crippen LogP contribution in [0.5, 0.6) is 0 Å². The fourth-order valence-corrected chi connectivity index (χ4v) is 2.76. The van der Waals surface area contributed by atoms with Crippen LogP contribution in [0.1, 0.15) is 58.1 Å². The van der Waals surface area contributed by atoms with Gasteiger partial charge >= 0.3 is 0 Å². The predicted octanol–water partition coefficient (Wildman–Crippen LogP) is 4.31. The Balaban J connectivity index is 1.86. The zero-order valence-electron chi connectivity index (χ0n) is 11.4. The minimum absolute atomic E-state index is 0.474. The van der Waals surface area contributed by atoms with E-state index in [9.17, 15) is 0 Å². The number of rotatable bonds is 3. The molecule has 17 heavy (non-hydrogen) atoms. The van der Waals surface area contributed by atoms with Gasteiger partial charge in [-0.2, -0.15) is 0 Å². The maximum absolute atomic E-state index is 3.77. The van der Waals surface area contributed by atoms with Crippen LogP contribution in [0.3, 0.4) is 0 Å². The lowest BCUT2D eigenvalue weighted by atomic mass is 9.75. The van der Waals surface area contributed by atoms with Crippen LogP contribution in [0, 0.1) is 5.41 Å². The Bertz CT molecular complexity index is 332. The number of hydrogen-bond acceptors (Lipinski definition) is 1. The van der Waals surface area contributed by atoms with E-state index in [0.717, 1.165) is 0 Å². The topological polar surface area (TPSA) is 12.0 Å². The molecule has 0 radical (unpaired) electrons. The van der Waals surface area contributed by atoms with Crippen molar-refractivity contribution in [2.45, 2.75) is 58.5 Å². The van der Waals surface area contributed by atoms with E-state index in [0.29, 0.717) is 17.5 Å². The molecule has 1 N–H and O–H groups in total. The molecule has 1 aliphatic carbocycles. The molecule has 94 valence electrons. The standard InChI is InChI=1S/C16H25N/c1-13(14-7-5-4-6-8-14)17-15-9-11-16(2,3)12-10-15/h4-8,13,15,17H,9-12H2,1-3H3/t13-/m1/s1. The van der Waals surface area contributed by atoms with E-state index in [-0.39, 0.29) is 0 Å². The highest BCUT2D eigenvalue weighted by Crippen LogP contribution is 2.35. The fourth-order valence-electron chi connectivity index (χ4n) is 2.76. The van der Waals surface area contributed by atoms with Gasteiger partial charge in [0, 0.05) is 12.1 Å².